The molecule has 0 atom stereocenters. The number of hydrogen-bond acceptors (Lipinski definition) is 1. The topological polar surface area (TPSA) is 12.0 Å². The zero-order chi connectivity index (χ0) is 10.8. The lowest BCUT2D eigenvalue weighted by atomic mass is 10.2. The van der Waals surface area contributed by atoms with Gasteiger partial charge in [0.05, 0.1) is 0 Å². The molecule has 1 aliphatic rings. The van der Waals surface area contributed by atoms with Crippen molar-refractivity contribution in [2.75, 3.05) is 11.9 Å². The molecule has 1 aromatic carbocycles. The number of anilines is 1. The Labute approximate surface area is 86.3 Å². The van der Waals surface area contributed by atoms with Crippen molar-refractivity contribution in [3.8, 4) is 0 Å². The Morgan fingerprint density at radius 3 is 2.27 bits per heavy atom. The van der Waals surface area contributed by atoms with Gasteiger partial charge in [-0.3, -0.25) is 0 Å². The monoisotopic (exact) mass is 215 g/mol. The fraction of sp³-hybridized carbons (Fsp3) is 0.455. The summed E-state index contributed by atoms with van der Waals surface area (Å²) >= 11 is 0. The SMILES string of the molecule is Fc1cc(NCCC2CC2)cc(F)c1F. The molecule has 0 heterocycles. The van der Waals surface area contributed by atoms with E-state index in [2.05, 4.69) is 5.32 Å². The van der Waals surface area contributed by atoms with Crippen LogP contribution in [0.15, 0.2) is 12.1 Å². The van der Waals surface area contributed by atoms with Crippen molar-refractivity contribution in [3.63, 3.8) is 0 Å². The fourth-order valence-electron chi connectivity index (χ4n) is 1.48. The zero-order valence-electron chi connectivity index (χ0n) is 8.19. The van der Waals surface area contributed by atoms with Crippen LogP contribution in [0.2, 0.25) is 0 Å². The fourth-order valence-corrected chi connectivity index (χ4v) is 1.48. The number of rotatable bonds is 4. The summed E-state index contributed by atoms with van der Waals surface area (Å²) in [5.41, 5.74) is 0.298. The first-order valence-electron chi connectivity index (χ1n) is 5.05. The quantitative estimate of drug-likeness (QED) is 0.760. The average Bonchev–Trinajstić information content (AvgIpc) is 2.98. The van der Waals surface area contributed by atoms with E-state index in [0.29, 0.717) is 12.2 Å². The van der Waals surface area contributed by atoms with E-state index in [1.807, 2.05) is 0 Å². The summed E-state index contributed by atoms with van der Waals surface area (Å²) in [7, 11) is 0. The number of benzene rings is 1. The van der Waals surface area contributed by atoms with Gasteiger partial charge >= 0.3 is 0 Å². The molecule has 0 bridgehead atoms. The van der Waals surface area contributed by atoms with Gasteiger partial charge in [0, 0.05) is 24.4 Å². The average molecular weight is 215 g/mol. The van der Waals surface area contributed by atoms with Crippen LogP contribution in [-0.4, -0.2) is 6.54 Å². The van der Waals surface area contributed by atoms with E-state index >= 15 is 0 Å². The van der Waals surface area contributed by atoms with Crippen molar-refractivity contribution in [2.45, 2.75) is 19.3 Å². The Hall–Kier alpha value is -1.19. The summed E-state index contributed by atoms with van der Waals surface area (Å²) in [5, 5.41) is 2.88. The normalized spacial score (nSPS) is 15.4. The van der Waals surface area contributed by atoms with Crippen LogP contribution in [0.4, 0.5) is 18.9 Å². The molecule has 1 saturated carbocycles. The Kier molecular flexibility index (Phi) is 2.84. The lowest BCUT2D eigenvalue weighted by Crippen LogP contribution is -2.04. The summed E-state index contributed by atoms with van der Waals surface area (Å²) in [5.74, 6) is -2.96. The van der Waals surface area contributed by atoms with Crippen LogP contribution < -0.4 is 5.32 Å². The molecule has 1 nitrogen and oxygen atoms in total. The van der Waals surface area contributed by atoms with Gasteiger partial charge in [-0.15, -0.1) is 0 Å². The maximum absolute atomic E-state index is 12.8. The summed E-state index contributed by atoms with van der Waals surface area (Å²) < 4.78 is 38.2. The third-order valence-corrected chi connectivity index (χ3v) is 2.56. The maximum atomic E-state index is 12.8. The van der Waals surface area contributed by atoms with E-state index in [-0.39, 0.29) is 0 Å². The first kappa shape index (κ1) is 10.3. The molecule has 15 heavy (non-hydrogen) atoms. The molecule has 82 valence electrons. The van der Waals surface area contributed by atoms with Gasteiger partial charge in [-0.1, -0.05) is 12.8 Å². The van der Waals surface area contributed by atoms with Gasteiger partial charge in [-0.2, -0.15) is 0 Å². The summed E-state index contributed by atoms with van der Waals surface area (Å²) in [6.45, 7) is 0.676. The predicted octanol–water partition coefficient (Wildman–Crippen LogP) is 3.32. The molecule has 4 heteroatoms. The highest BCUT2D eigenvalue weighted by molar-refractivity contribution is 5.44. The van der Waals surface area contributed by atoms with Crippen molar-refractivity contribution in [1.82, 2.24) is 0 Å². The van der Waals surface area contributed by atoms with Crippen LogP contribution >= 0.6 is 0 Å². The largest absolute Gasteiger partial charge is 0.385 e. The molecule has 0 saturated heterocycles. The van der Waals surface area contributed by atoms with E-state index in [1.54, 1.807) is 0 Å². The molecular weight excluding hydrogens is 203 g/mol. The van der Waals surface area contributed by atoms with Crippen molar-refractivity contribution < 1.29 is 13.2 Å². The lowest BCUT2D eigenvalue weighted by Gasteiger charge is -2.06. The smallest absolute Gasteiger partial charge is 0.194 e. The van der Waals surface area contributed by atoms with Crippen LogP contribution in [0.3, 0.4) is 0 Å². The summed E-state index contributed by atoms with van der Waals surface area (Å²) in [4.78, 5) is 0. The van der Waals surface area contributed by atoms with E-state index < -0.39 is 17.5 Å². The Morgan fingerprint density at radius 2 is 1.73 bits per heavy atom. The molecular formula is C11H12F3N. The highest BCUT2D eigenvalue weighted by Gasteiger charge is 2.20. The van der Waals surface area contributed by atoms with E-state index in [4.69, 9.17) is 0 Å². The molecule has 1 fully saturated rings. The van der Waals surface area contributed by atoms with Crippen LogP contribution in [0, 0.1) is 23.4 Å². The number of halogens is 3. The minimum atomic E-state index is -1.41. The molecule has 0 aromatic heterocycles. The standard InChI is InChI=1S/C11H12F3N/c12-9-5-8(6-10(13)11(9)14)15-4-3-7-1-2-7/h5-7,15H,1-4H2. The molecule has 0 spiro atoms. The van der Waals surface area contributed by atoms with Crippen LogP contribution in [0.25, 0.3) is 0 Å². The van der Waals surface area contributed by atoms with Gasteiger partial charge in [-0.05, 0) is 12.3 Å². The van der Waals surface area contributed by atoms with Gasteiger partial charge in [0.2, 0.25) is 0 Å². The van der Waals surface area contributed by atoms with Crippen LogP contribution in [-0.2, 0) is 0 Å². The second-order valence-electron chi connectivity index (χ2n) is 3.91. The van der Waals surface area contributed by atoms with Crippen molar-refractivity contribution in [1.29, 1.82) is 0 Å². The third kappa shape index (κ3) is 2.64. The predicted molar refractivity (Wildman–Crippen MR) is 52.1 cm³/mol. The summed E-state index contributed by atoms with van der Waals surface area (Å²) in [6.07, 6.45) is 3.49. The highest BCUT2D eigenvalue weighted by atomic mass is 19.2. The Morgan fingerprint density at radius 1 is 1.13 bits per heavy atom. The second-order valence-corrected chi connectivity index (χ2v) is 3.91. The molecule has 0 aliphatic heterocycles. The molecule has 0 radical (unpaired) electrons. The zero-order valence-corrected chi connectivity index (χ0v) is 8.19. The van der Waals surface area contributed by atoms with E-state index in [1.165, 1.54) is 12.8 Å². The third-order valence-electron chi connectivity index (χ3n) is 2.56. The lowest BCUT2D eigenvalue weighted by molar-refractivity contribution is 0.447. The molecule has 2 rings (SSSR count). The minimum absolute atomic E-state index is 0.298. The first-order chi connectivity index (χ1) is 7.16. The minimum Gasteiger partial charge on any atom is -0.385 e. The van der Waals surface area contributed by atoms with Crippen LogP contribution in [0.1, 0.15) is 19.3 Å². The van der Waals surface area contributed by atoms with Gasteiger partial charge in [0.15, 0.2) is 17.5 Å². The number of nitrogens with one attached hydrogen (secondary N) is 1. The van der Waals surface area contributed by atoms with Crippen LogP contribution in [0.5, 0.6) is 0 Å². The first-order valence-corrected chi connectivity index (χ1v) is 5.05. The van der Waals surface area contributed by atoms with Gasteiger partial charge < -0.3 is 5.32 Å². The second kappa shape index (κ2) is 4.13. The summed E-state index contributed by atoms with van der Waals surface area (Å²) in [6, 6.07) is 1.95. The van der Waals surface area contributed by atoms with E-state index in [9.17, 15) is 13.2 Å². The molecule has 1 N–H and O–H groups in total. The van der Waals surface area contributed by atoms with Crippen molar-refractivity contribution in [2.24, 2.45) is 5.92 Å². The molecule has 1 aliphatic carbocycles. The maximum Gasteiger partial charge on any atom is 0.194 e. The van der Waals surface area contributed by atoms with Crippen molar-refractivity contribution in [3.05, 3.63) is 29.6 Å². The van der Waals surface area contributed by atoms with E-state index in [0.717, 1.165) is 24.5 Å². The molecule has 0 unspecified atom stereocenters. The van der Waals surface area contributed by atoms with Gasteiger partial charge in [-0.25, -0.2) is 13.2 Å². The molecule has 0 amide bonds. The molecule has 1 aromatic rings. The van der Waals surface area contributed by atoms with Crippen molar-refractivity contribution >= 4 is 5.69 Å². The Balaban J connectivity index is 1.94. The highest BCUT2D eigenvalue weighted by Crippen LogP contribution is 2.32. The van der Waals surface area contributed by atoms with Gasteiger partial charge in [0.1, 0.15) is 0 Å². The van der Waals surface area contributed by atoms with Gasteiger partial charge in [0.25, 0.3) is 0 Å². The Bertz CT molecular complexity index is 338. The number of hydrogen-bond donors (Lipinski definition) is 1.